The van der Waals surface area contributed by atoms with Crippen molar-refractivity contribution in [1.82, 2.24) is 4.98 Å². The van der Waals surface area contributed by atoms with Crippen molar-refractivity contribution in [2.24, 2.45) is 5.92 Å². The molecular weight excluding hydrogens is 245 g/mol. The second kappa shape index (κ2) is 5.14. The Morgan fingerprint density at radius 2 is 2.11 bits per heavy atom. The lowest BCUT2D eigenvalue weighted by molar-refractivity contribution is -0.141. The van der Waals surface area contributed by atoms with Gasteiger partial charge in [0.05, 0.1) is 6.10 Å². The molecule has 18 heavy (non-hydrogen) atoms. The molecule has 0 amide bonds. The predicted octanol–water partition coefficient (Wildman–Crippen LogP) is 2.67. The Morgan fingerprint density at radius 3 is 2.72 bits per heavy atom. The van der Waals surface area contributed by atoms with E-state index in [4.69, 9.17) is 0 Å². The molecule has 1 fully saturated rings. The van der Waals surface area contributed by atoms with Gasteiger partial charge in [-0.25, -0.2) is 4.98 Å². The standard InChI is InChI=1S/C12H15F3N2O/c13-12(14,15)10-2-1-3-11(17-10)16-7-8-4-5-9(18)6-8/h1-3,8-9,18H,4-7H2,(H,16,17). The highest BCUT2D eigenvalue weighted by atomic mass is 19.4. The van der Waals surface area contributed by atoms with Crippen LogP contribution < -0.4 is 5.32 Å². The topological polar surface area (TPSA) is 45.1 Å². The fourth-order valence-corrected chi connectivity index (χ4v) is 2.17. The summed E-state index contributed by atoms with van der Waals surface area (Å²) in [4.78, 5) is 3.53. The van der Waals surface area contributed by atoms with Crippen LogP contribution >= 0.6 is 0 Å². The van der Waals surface area contributed by atoms with E-state index in [1.807, 2.05) is 0 Å². The number of halogens is 3. The summed E-state index contributed by atoms with van der Waals surface area (Å²) in [5, 5.41) is 12.3. The van der Waals surface area contributed by atoms with Crippen molar-refractivity contribution in [2.45, 2.75) is 31.5 Å². The number of aliphatic hydroxyl groups is 1. The average molecular weight is 260 g/mol. The van der Waals surface area contributed by atoms with Gasteiger partial charge in [-0.3, -0.25) is 0 Å². The van der Waals surface area contributed by atoms with Crippen molar-refractivity contribution < 1.29 is 18.3 Å². The molecule has 1 saturated carbocycles. The molecule has 100 valence electrons. The van der Waals surface area contributed by atoms with E-state index < -0.39 is 11.9 Å². The Balaban J connectivity index is 1.93. The van der Waals surface area contributed by atoms with E-state index >= 15 is 0 Å². The highest BCUT2D eigenvalue weighted by molar-refractivity contribution is 5.36. The van der Waals surface area contributed by atoms with Crippen molar-refractivity contribution in [3.8, 4) is 0 Å². The number of alkyl halides is 3. The fraction of sp³-hybridized carbons (Fsp3) is 0.583. The third-order valence-electron chi connectivity index (χ3n) is 3.12. The summed E-state index contributed by atoms with van der Waals surface area (Å²) < 4.78 is 37.3. The summed E-state index contributed by atoms with van der Waals surface area (Å²) in [6, 6.07) is 3.80. The molecule has 0 bridgehead atoms. The van der Waals surface area contributed by atoms with Gasteiger partial charge in [-0.1, -0.05) is 6.07 Å². The van der Waals surface area contributed by atoms with Crippen LogP contribution in [0.3, 0.4) is 0 Å². The molecule has 1 aliphatic rings. The zero-order valence-corrected chi connectivity index (χ0v) is 9.74. The van der Waals surface area contributed by atoms with Gasteiger partial charge in [-0.05, 0) is 37.3 Å². The first-order chi connectivity index (χ1) is 8.45. The molecule has 1 aromatic heterocycles. The van der Waals surface area contributed by atoms with Gasteiger partial charge in [0, 0.05) is 6.54 Å². The van der Waals surface area contributed by atoms with Crippen LogP contribution in [-0.4, -0.2) is 22.7 Å². The van der Waals surface area contributed by atoms with Crippen LogP contribution in [0.1, 0.15) is 25.0 Å². The van der Waals surface area contributed by atoms with Gasteiger partial charge in [0.25, 0.3) is 0 Å². The highest BCUT2D eigenvalue weighted by Gasteiger charge is 2.32. The molecule has 1 aromatic rings. The van der Waals surface area contributed by atoms with Gasteiger partial charge in [0.2, 0.25) is 0 Å². The largest absolute Gasteiger partial charge is 0.433 e. The molecule has 2 atom stereocenters. The molecule has 3 nitrogen and oxygen atoms in total. The third kappa shape index (κ3) is 3.35. The molecule has 2 rings (SSSR count). The molecule has 1 heterocycles. The third-order valence-corrected chi connectivity index (χ3v) is 3.12. The van der Waals surface area contributed by atoms with E-state index in [1.165, 1.54) is 12.1 Å². The van der Waals surface area contributed by atoms with E-state index in [0.29, 0.717) is 18.9 Å². The van der Waals surface area contributed by atoms with E-state index in [1.54, 1.807) is 0 Å². The van der Waals surface area contributed by atoms with Crippen LogP contribution in [0.15, 0.2) is 18.2 Å². The smallest absolute Gasteiger partial charge is 0.393 e. The predicted molar refractivity (Wildman–Crippen MR) is 61.1 cm³/mol. The lowest BCUT2D eigenvalue weighted by Gasteiger charge is -2.12. The number of hydrogen-bond acceptors (Lipinski definition) is 3. The van der Waals surface area contributed by atoms with E-state index in [9.17, 15) is 18.3 Å². The highest BCUT2D eigenvalue weighted by Crippen LogP contribution is 2.29. The summed E-state index contributed by atoms with van der Waals surface area (Å²) in [5.74, 6) is 0.530. The minimum Gasteiger partial charge on any atom is -0.393 e. The molecule has 0 saturated heterocycles. The first kappa shape index (κ1) is 13.1. The summed E-state index contributed by atoms with van der Waals surface area (Å²) in [6.45, 7) is 0.547. The SMILES string of the molecule is OC1CCC(CNc2cccc(C(F)(F)F)n2)C1. The summed E-state index contributed by atoms with van der Waals surface area (Å²) in [7, 11) is 0. The minimum atomic E-state index is -4.42. The molecule has 2 N–H and O–H groups in total. The lowest BCUT2D eigenvalue weighted by Crippen LogP contribution is -2.15. The number of pyridine rings is 1. The van der Waals surface area contributed by atoms with Gasteiger partial charge in [0.1, 0.15) is 11.5 Å². The molecule has 1 aliphatic carbocycles. The normalized spacial score (nSPS) is 24.2. The maximum atomic E-state index is 12.4. The van der Waals surface area contributed by atoms with Gasteiger partial charge in [-0.15, -0.1) is 0 Å². The van der Waals surface area contributed by atoms with Gasteiger partial charge in [-0.2, -0.15) is 13.2 Å². The van der Waals surface area contributed by atoms with E-state index in [2.05, 4.69) is 10.3 Å². The first-order valence-corrected chi connectivity index (χ1v) is 5.91. The van der Waals surface area contributed by atoms with Crippen LogP contribution in [0.2, 0.25) is 0 Å². The van der Waals surface area contributed by atoms with Gasteiger partial charge < -0.3 is 10.4 Å². The Hall–Kier alpha value is -1.30. The average Bonchev–Trinajstić information content (AvgIpc) is 2.72. The Bertz CT molecular complexity index is 409. The molecular formula is C12H15F3N2O. The van der Waals surface area contributed by atoms with Crippen LogP contribution in [0.25, 0.3) is 0 Å². The first-order valence-electron chi connectivity index (χ1n) is 5.91. The monoisotopic (exact) mass is 260 g/mol. The second-order valence-corrected chi connectivity index (χ2v) is 4.62. The molecule has 2 unspecified atom stereocenters. The van der Waals surface area contributed by atoms with E-state index in [-0.39, 0.29) is 11.9 Å². The van der Waals surface area contributed by atoms with E-state index in [0.717, 1.165) is 18.9 Å². The Morgan fingerprint density at radius 1 is 1.33 bits per heavy atom. The molecule has 6 heteroatoms. The molecule has 0 aromatic carbocycles. The van der Waals surface area contributed by atoms with Crippen molar-refractivity contribution in [3.05, 3.63) is 23.9 Å². The minimum absolute atomic E-state index is 0.228. The van der Waals surface area contributed by atoms with Crippen LogP contribution in [0, 0.1) is 5.92 Å². The number of aliphatic hydroxyl groups excluding tert-OH is 1. The summed E-state index contributed by atoms with van der Waals surface area (Å²) in [5.41, 5.74) is -0.890. The summed E-state index contributed by atoms with van der Waals surface area (Å²) >= 11 is 0. The number of nitrogens with zero attached hydrogens (tertiary/aromatic N) is 1. The van der Waals surface area contributed by atoms with Crippen LogP contribution in [0.4, 0.5) is 19.0 Å². The Kier molecular flexibility index (Phi) is 3.75. The quantitative estimate of drug-likeness (QED) is 0.878. The maximum Gasteiger partial charge on any atom is 0.433 e. The molecule has 0 aliphatic heterocycles. The van der Waals surface area contributed by atoms with Crippen LogP contribution in [0.5, 0.6) is 0 Å². The lowest BCUT2D eigenvalue weighted by atomic mass is 10.1. The zero-order valence-electron chi connectivity index (χ0n) is 9.74. The van der Waals surface area contributed by atoms with Crippen molar-refractivity contribution in [1.29, 1.82) is 0 Å². The number of anilines is 1. The van der Waals surface area contributed by atoms with Crippen LogP contribution in [-0.2, 0) is 6.18 Å². The van der Waals surface area contributed by atoms with Gasteiger partial charge in [0.15, 0.2) is 0 Å². The number of rotatable bonds is 3. The second-order valence-electron chi connectivity index (χ2n) is 4.62. The maximum absolute atomic E-state index is 12.4. The van der Waals surface area contributed by atoms with Crippen molar-refractivity contribution >= 4 is 5.82 Å². The molecule has 0 radical (unpaired) electrons. The Labute approximate surface area is 103 Å². The zero-order chi connectivity index (χ0) is 13.2. The number of nitrogens with one attached hydrogen (secondary N) is 1. The van der Waals surface area contributed by atoms with Crippen molar-refractivity contribution in [3.63, 3.8) is 0 Å². The number of hydrogen-bond donors (Lipinski definition) is 2. The van der Waals surface area contributed by atoms with Gasteiger partial charge >= 0.3 is 6.18 Å². The fourth-order valence-electron chi connectivity index (χ4n) is 2.17. The number of aromatic nitrogens is 1. The molecule has 0 spiro atoms. The van der Waals surface area contributed by atoms with Crippen molar-refractivity contribution in [2.75, 3.05) is 11.9 Å². The summed E-state index contributed by atoms with van der Waals surface area (Å²) in [6.07, 6.45) is -2.32.